The Morgan fingerprint density at radius 1 is 1.24 bits per heavy atom. The van der Waals surface area contributed by atoms with Crippen LogP contribution in [0, 0.1) is 13.8 Å². The van der Waals surface area contributed by atoms with Crippen molar-refractivity contribution < 1.29 is 4.79 Å². The van der Waals surface area contributed by atoms with E-state index in [1.54, 1.807) is 6.07 Å². The number of nitrogen functional groups attached to an aromatic ring is 1. The minimum Gasteiger partial charge on any atom is -0.398 e. The molecule has 3 rings (SSSR count). The van der Waals surface area contributed by atoms with Crippen LogP contribution in [0.3, 0.4) is 0 Å². The number of pyridine rings is 1. The first-order valence-corrected chi connectivity index (χ1v) is 7.40. The van der Waals surface area contributed by atoms with Crippen molar-refractivity contribution in [1.82, 2.24) is 4.98 Å². The first kappa shape index (κ1) is 13.6. The number of carbonyl (C=O) groups is 1. The third kappa shape index (κ3) is 2.60. The second-order valence-corrected chi connectivity index (χ2v) is 6.16. The number of anilines is 2. The van der Waals surface area contributed by atoms with Crippen molar-refractivity contribution in [3.8, 4) is 0 Å². The number of benzene rings is 1. The molecule has 4 nitrogen and oxygen atoms in total. The van der Waals surface area contributed by atoms with E-state index in [9.17, 15) is 4.79 Å². The molecule has 0 aliphatic carbocycles. The van der Waals surface area contributed by atoms with E-state index in [0.717, 1.165) is 21.5 Å². The van der Waals surface area contributed by atoms with Crippen LogP contribution in [0.1, 0.15) is 20.2 Å². The number of rotatable bonds is 2. The van der Waals surface area contributed by atoms with Gasteiger partial charge >= 0.3 is 0 Å². The maximum atomic E-state index is 12.3. The number of nitrogens with one attached hydrogen (secondary N) is 1. The van der Waals surface area contributed by atoms with Crippen molar-refractivity contribution in [1.29, 1.82) is 0 Å². The Kier molecular flexibility index (Phi) is 3.35. The molecular weight excluding hydrogens is 282 g/mol. The Morgan fingerprint density at radius 2 is 2.05 bits per heavy atom. The lowest BCUT2D eigenvalue weighted by Crippen LogP contribution is -2.10. The number of para-hydroxylation sites is 1. The van der Waals surface area contributed by atoms with Gasteiger partial charge in [-0.1, -0.05) is 18.2 Å². The van der Waals surface area contributed by atoms with Gasteiger partial charge in [0.05, 0.1) is 16.1 Å². The van der Waals surface area contributed by atoms with E-state index in [2.05, 4.69) is 10.3 Å². The normalized spacial score (nSPS) is 10.8. The third-order valence-electron chi connectivity index (χ3n) is 3.29. The number of hydrogen-bond acceptors (Lipinski definition) is 4. The molecule has 2 heterocycles. The van der Waals surface area contributed by atoms with Crippen molar-refractivity contribution in [3.05, 3.63) is 51.8 Å². The second kappa shape index (κ2) is 5.18. The van der Waals surface area contributed by atoms with Gasteiger partial charge in [0, 0.05) is 21.6 Å². The molecule has 0 spiro atoms. The summed E-state index contributed by atoms with van der Waals surface area (Å²) in [6, 6.07) is 11.4. The van der Waals surface area contributed by atoms with Gasteiger partial charge in [-0.2, -0.15) is 0 Å². The SMILES string of the molecule is Cc1ccc2cccc(NC(=O)c3cc(N)c(C)s3)c2n1. The van der Waals surface area contributed by atoms with Gasteiger partial charge in [0.2, 0.25) is 0 Å². The molecule has 0 saturated carbocycles. The fourth-order valence-electron chi connectivity index (χ4n) is 2.14. The Labute approximate surface area is 126 Å². The Hall–Kier alpha value is -2.40. The predicted octanol–water partition coefficient (Wildman–Crippen LogP) is 3.75. The standard InChI is InChI=1S/C16H15N3OS/c1-9-6-7-11-4-3-5-13(15(11)18-9)19-16(20)14-8-12(17)10(2)21-14/h3-8H,17H2,1-2H3,(H,19,20). The summed E-state index contributed by atoms with van der Waals surface area (Å²) in [7, 11) is 0. The molecule has 0 unspecified atom stereocenters. The van der Waals surface area contributed by atoms with E-state index in [1.807, 2.05) is 44.2 Å². The topological polar surface area (TPSA) is 68.0 Å². The highest BCUT2D eigenvalue weighted by atomic mass is 32.1. The number of thiophene rings is 1. The molecule has 0 radical (unpaired) electrons. The minimum absolute atomic E-state index is 0.157. The Morgan fingerprint density at radius 3 is 2.76 bits per heavy atom. The molecule has 0 aliphatic rings. The molecule has 0 fully saturated rings. The number of nitrogens with zero attached hydrogens (tertiary/aromatic N) is 1. The molecule has 0 bridgehead atoms. The number of nitrogens with two attached hydrogens (primary N) is 1. The molecule has 0 aliphatic heterocycles. The van der Waals surface area contributed by atoms with Gasteiger partial charge in [0.1, 0.15) is 0 Å². The van der Waals surface area contributed by atoms with Gasteiger partial charge in [-0.05, 0) is 32.0 Å². The van der Waals surface area contributed by atoms with Gasteiger partial charge in [-0.25, -0.2) is 0 Å². The van der Waals surface area contributed by atoms with Crippen molar-refractivity contribution in [2.75, 3.05) is 11.1 Å². The first-order chi connectivity index (χ1) is 10.0. The van der Waals surface area contributed by atoms with Gasteiger partial charge in [-0.15, -0.1) is 11.3 Å². The largest absolute Gasteiger partial charge is 0.398 e. The number of fused-ring (bicyclic) bond motifs is 1. The summed E-state index contributed by atoms with van der Waals surface area (Å²) in [6.07, 6.45) is 0. The molecule has 21 heavy (non-hydrogen) atoms. The summed E-state index contributed by atoms with van der Waals surface area (Å²) < 4.78 is 0. The zero-order valence-electron chi connectivity index (χ0n) is 11.8. The zero-order valence-corrected chi connectivity index (χ0v) is 12.6. The van der Waals surface area contributed by atoms with Crippen molar-refractivity contribution in [2.24, 2.45) is 0 Å². The molecule has 5 heteroatoms. The maximum absolute atomic E-state index is 12.3. The average molecular weight is 297 g/mol. The van der Waals surface area contributed by atoms with E-state index in [1.165, 1.54) is 11.3 Å². The van der Waals surface area contributed by atoms with E-state index in [4.69, 9.17) is 5.73 Å². The van der Waals surface area contributed by atoms with Crippen LogP contribution in [0.25, 0.3) is 10.9 Å². The van der Waals surface area contributed by atoms with Crippen LogP contribution in [0.4, 0.5) is 11.4 Å². The highest BCUT2D eigenvalue weighted by Crippen LogP contribution is 2.26. The van der Waals surface area contributed by atoms with E-state index in [0.29, 0.717) is 16.3 Å². The molecule has 2 aromatic heterocycles. The monoisotopic (exact) mass is 297 g/mol. The fourth-order valence-corrected chi connectivity index (χ4v) is 2.97. The highest BCUT2D eigenvalue weighted by Gasteiger charge is 2.13. The molecule has 3 aromatic rings. The average Bonchev–Trinajstić information content (AvgIpc) is 2.79. The lowest BCUT2D eigenvalue weighted by atomic mass is 10.1. The highest BCUT2D eigenvalue weighted by molar-refractivity contribution is 7.14. The Bertz CT molecular complexity index is 819. The number of aromatic nitrogens is 1. The lowest BCUT2D eigenvalue weighted by molar-refractivity contribution is 0.103. The van der Waals surface area contributed by atoms with Gasteiger partial charge in [0.15, 0.2) is 0 Å². The molecular formula is C16H15N3OS. The maximum Gasteiger partial charge on any atom is 0.265 e. The van der Waals surface area contributed by atoms with Gasteiger partial charge in [0.25, 0.3) is 5.91 Å². The molecule has 1 aromatic carbocycles. The predicted molar refractivity (Wildman–Crippen MR) is 87.9 cm³/mol. The number of hydrogen-bond donors (Lipinski definition) is 2. The number of aryl methyl sites for hydroxylation is 2. The van der Waals surface area contributed by atoms with Crippen LogP contribution in [0.15, 0.2) is 36.4 Å². The van der Waals surface area contributed by atoms with Crippen LogP contribution in [-0.2, 0) is 0 Å². The smallest absolute Gasteiger partial charge is 0.265 e. The zero-order chi connectivity index (χ0) is 15.0. The van der Waals surface area contributed by atoms with E-state index >= 15 is 0 Å². The number of carbonyl (C=O) groups excluding carboxylic acids is 1. The summed E-state index contributed by atoms with van der Waals surface area (Å²) in [6.45, 7) is 3.83. The van der Waals surface area contributed by atoms with Crippen molar-refractivity contribution in [2.45, 2.75) is 13.8 Å². The third-order valence-corrected chi connectivity index (χ3v) is 4.35. The van der Waals surface area contributed by atoms with Crippen LogP contribution < -0.4 is 11.1 Å². The summed E-state index contributed by atoms with van der Waals surface area (Å²) in [5, 5.41) is 3.92. The molecule has 0 saturated heterocycles. The minimum atomic E-state index is -0.157. The van der Waals surface area contributed by atoms with E-state index in [-0.39, 0.29) is 5.91 Å². The summed E-state index contributed by atoms with van der Waals surface area (Å²) in [5.74, 6) is -0.157. The lowest BCUT2D eigenvalue weighted by Gasteiger charge is -2.07. The van der Waals surface area contributed by atoms with Crippen molar-refractivity contribution in [3.63, 3.8) is 0 Å². The first-order valence-electron chi connectivity index (χ1n) is 6.58. The van der Waals surface area contributed by atoms with E-state index < -0.39 is 0 Å². The van der Waals surface area contributed by atoms with Crippen molar-refractivity contribution >= 4 is 39.5 Å². The van der Waals surface area contributed by atoms with Gasteiger partial charge in [-0.3, -0.25) is 9.78 Å². The number of amides is 1. The quantitative estimate of drug-likeness (QED) is 0.757. The van der Waals surface area contributed by atoms with Crippen LogP contribution in [-0.4, -0.2) is 10.9 Å². The molecule has 0 atom stereocenters. The van der Waals surface area contributed by atoms with Gasteiger partial charge < -0.3 is 11.1 Å². The fraction of sp³-hybridized carbons (Fsp3) is 0.125. The van der Waals surface area contributed by atoms with Crippen LogP contribution in [0.5, 0.6) is 0 Å². The molecule has 3 N–H and O–H groups in total. The summed E-state index contributed by atoms with van der Waals surface area (Å²) in [5.41, 5.74) is 8.88. The Balaban J connectivity index is 1.98. The molecule has 1 amide bonds. The summed E-state index contributed by atoms with van der Waals surface area (Å²) in [4.78, 5) is 18.4. The summed E-state index contributed by atoms with van der Waals surface area (Å²) >= 11 is 1.39. The van der Waals surface area contributed by atoms with Crippen LogP contribution >= 0.6 is 11.3 Å². The second-order valence-electron chi connectivity index (χ2n) is 4.91. The molecule has 106 valence electrons. The van der Waals surface area contributed by atoms with Crippen LogP contribution in [0.2, 0.25) is 0 Å².